The largest absolute Gasteiger partial charge is 0.198 e. The summed E-state index contributed by atoms with van der Waals surface area (Å²) in [6.07, 6.45) is 2.26. The Balaban J connectivity index is 2.17. The first-order chi connectivity index (χ1) is 5.92. The summed E-state index contributed by atoms with van der Waals surface area (Å²) < 4.78 is 0. The normalized spacial score (nSPS) is 27.2. The van der Waals surface area contributed by atoms with Crippen molar-refractivity contribution in [3.05, 3.63) is 35.9 Å². The molecule has 1 aromatic rings. The van der Waals surface area contributed by atoms with Crippen LogP contribution in [0.5, 0.6) is 0 Å². The summed E-state index contributed by atoms with van der Waals surface area (Å²) in [5.41, 5.74) is 1.33. The number of benzene rings is 1. The Kier molecular flexibility index (Phi) is 1.83. The molecule has 0 N–H and O–H groups in total. The van der Waals surface area contributed by atoms with E-state index in [9.17, 15) is 0 Å². The average Bonchev–Trinajstić information content (AvgIpc) is 2.05. The van der Waals surface area contributed by atoms with Gasteiger partial charge in [-0.3, -0.25) is 0 Å². The van der Waals surface area contributed by atoms with E-state index in [1.54, 1.807) is 0 Å². The number of rotatable bonds is 1. The van der Waals surface area contributed by atoms with Crippen molar-refractivity contribution >= 4 is 0 Å². The highest BCUT2D eigenvalue weighted by Gasteiger charge is 2.31. The smallest absolute Gasteiger partial charge is 0.0662 e. The summed E-state index contributed by atoms with van der Waals surface area (Å²) in [5.74, 6) is 0.781. The molecule has 1 aliphatic rings. The third-order valence-corrected chi connectivity index (χ3v) is 2.67. The van der Waals surface area contributed by atoms with Crippen LogP contribution in [0.3, 0.4) is 0 Å². The highest BCUT2D eigenvalue weighted by molar-refractivity contribution is 5.24. The lowest BCUT2D eigenvalue weighted by Crippen LogP contribution is -2.21. The van der Waals surface area contributed by atoms with Crippen molar-refractivity contribution < 1.29 is 0 Å². The first kappa shape index (κ1) is 7.36. The lowest BCUT2D eigenvalue weighted by molar-refractivity contribution is 0.325. The molecule has 1 fully saturated rings. The molecule has 0 spiro atoms. The maximum absolute atomic E-state index is 8.77. The molecule has 1 aliphatic carbocycles. The van der Waals surface area contributed by atoms with Crippen LogP contribution < -0.4 is 0 Å². The van der Waals surface area contributed by atoms with Gasteiger partial charge in [-0.1, -0.05) is 30.3 Å². The lowest BCUT2D eigenvalue weighted by atomic mass is 9.71. The minimum Gasteiger partial charge on any atom is -0.198 e. The predicted molar refractivity (Wildman–Crippen MR) is 47.5 cm³/mol. The molecule has 1 nitrogen and oxygen atoms in total. The summed E-state index contributed by atoms with van der Waals surface area (Å²) in [6.45, 7) is 0. The summed E-state index contributed by atoms with van der Waals surface area (Å²) in [7, 11) is 0. The molecule has 12 heavy (non-hydrogen) atoms. The van der Waals surface area contributed by atoms with Gasteiger partial charge >= 0.3 is 0 Å². The zero-order chi connectivity index (χ0) is 8.39. The summed E-state index contributed by atoms with van der Waals surface area (Å²) >= 11 is 0. The molecule has 0 radical (unpaired) electrons. The highest BCUT2D eigenvalue weighted by Crippen LogP contribution is 2.41. The van der Waals surface area contributed by atoms with Crippen molar-refractivity contribution in [2.24, 2.45) is 5.92 Å². The van der Waals surface area contributed by atoms with Crippen molar-refractivity contribution in [1.29, 1.82) is 5.26 Å². The van der Waals surface area contributed by atoms with Crippen LogP contribution in [0.4, 0.5) is 0 Å². The molecule has 1 heteroatoms. The average molecular weight is 157 g/mol. The third kappa shape index (κ3) is 1.10. The quantitative estimate of drug-likeness (QED) is 0.614. The van der Waals surface area contributed by atoms with E-state index in [2.05, 4.69) is 18.2 Å². The second-order valence-electron chi connectivity index (χ2n) is 3.33. The number of nitrogens with zero attached hydrogens (tertiary/aromatic N) is 1. The maximum Gasteiger partial charge on any atom is 0.0662 e. The Morgan fingerprint density at radius 1 is 1.17 bits per heavy atom. The van der Waals surface area contributed by atoms with E-state index in [1.807, 2.05) is 18.2 Å². The van der Waals surface area contributed by atoms with E-state index in [4.69, 9.17) is 5.26 Å². The van der Waals surface area contributed by atoms with Gasteiger partial charge in [0, 0.05) is 0 Å². The van der Waals surface area contributed by atoms with Crippen molar-refractivity contribution in [2.75, 3.05) is 0 Å². The fourth-order valence-electron chi connectivity index (χ4n) is 1.75. The molecule has 0 amide bonds. The number of hydrogen-bond donors (Lipinski definition) is 0. The van der Waals surface area contributed by atoms with E-state index in [-0.39, 0.29) is 5.92 Å². The van der Waals surface area contributed by atoms with Crippen molar-refractivity contribution in [3.8, 4) is 6.07 Å². The Labute approximate surface area is 72.6 Å². The number of hydrogen-bond acceptors (Lipinski definition) is 1. The van der Waals surface area contributed by atoms with E-state index in [0.717, 1.165) is 6.42 Å². The summed E-state index contributed by atoms with van der Waals surface area (Å²) in [5, 5.41) is 8.77. The minimum atomic E-state index is 0.271. The van der Waals surface area contributed by atoms with Crippen LogP contribution in [0.2, 0.25) is 0 Å². The number of nitriles is 1. The zero-order valence-electron chi connectivity index (χ0n) is 6.90. The van der Waals surface area contributed by atoms with Crippen molar-refractivity contribution in [1.82, 2.24) is 0 Å². The molecule has 2 atom stereocenters. The molecule has 0 saturated heterocycles. The standard InChI is InChI=1S/C11H11N/c12-8-10-6-7-11(10)9-4-2-1-3-5-9/h1-5,10-11H,6-7H2. The zero-order valence-corrected chi connectivity index (χ0v) is 6.90. The van der Waals surface area contributed by atoms with Gasteiger partial charge in [0.15, 0.2) is 0 Å². The molecule has 0 heterocycles. The minimum absolute atomic E-state index is 0.271. The topological polar surface area (TPSA) is 23.8 Å². The second kappa shape index (κ2) is 2.98. The molecule has 0 aliphatic heterocycles. The summed E-state index contributed by atoms with van der Waals surface area (Å²) in [6, 6.07) is 12.7. The first-order valence-electron chi connectivity index (χ1n) is 4.36. The molecule has 0 aromatic heterocycles. The first-order valence-corrected chi connectivity index (χ1v) is 4.36. The highest BCUT2D eigenvalue weighted by atomic mass is 14.4. The molecule has 0 bridgehead atoms. The molecular weight excluding hydrogens is 146 g/mol. The Morgan fingerprint density at radius 3 is 2.42 bits per heavy atom. The van der Waals surface area contributed by atoms with Crippen molar-refractivity contribution in [3.63, 3.8) is 0 Å². The van der Waals surface area contributed by atoms with Crippen LogP contribution in [-0.2, 0) is 0 Å². The van der Waals surface area contributed by atoms with E-state index < -0.39 is 0 Å². The third-order valence-electron chi connectivity index (χ3n) is 2.67. The van der Waals surface area contributed by atoms with Gasteiger partial charge in [0.25, 0.3) is 0 Å². The molecule has 1 saturated carbocycles. The van der Waals surface area contributed by atoms with E-state index >= 15 is 0 Å². The van der Waals surface area contributed by atoms with E-state index in [0.29, 0.717) is 5.92 Å². The van der Waals surface area contributed by atoms with Gasteiger partial charge in [0.1, 0.15) is 0 Å². The fourth-order valence-corrected chi connectivity index (χ4v) is 1.75. The SMILES string of the molecule is N#CC1CCC1c1ccccc1. The monoisotopic (exact) mass is 157 g/mol. The van der Waals surface area contributed by atoms with Crippen molar-refractivity contribution in [2.45, 2.75) is 18.8 Å². The second-order valence-corrected chi connectivity index (χ2v) is 3.33. The Bertz CT molecular complexity index is 297. The van der Waals surface area contributed by atoms with Gasteiger partial charge in [-0.05, 0) is 24.3 Å². The van der Waals surface area contributed by atoms with Crippen LogP contribution >= 0.6 is 0 Å². The molecule has 2 unspecified atom stereocenters. The van der Waals surface area contributed by atoms with Gasteiger partial charge in [-0.15, -0.1) is 0 Å². The van der Waals surface area contributed by atoms with Crippen LogP contribution in [0.1, 0.15) is 24.3 Å². The summed E-state index contributed by atoms with van der Waals surface area (Å²) in [4.78, 5) is 0. The van der Waals surface area contributed by atoms with Gasteiger partial charge in [0.05, 0.1) is 12.0 Å². The molecule has 1 aromatic carbocycles. The van der Waals surface area contributed by atoms with Crippen LogP contribution in [-0.4, -0.2) is 0 Å². The van der Waals surface area contributed by atoms with Gasteiger partial charge in [0.2, 0.25) is 0 Å². The van der Waals surface area contributed by atoms with Gasteiger partial charge < -0.3 is 0 Å². The van der Waals surface area contributed by atoms with Gasteiger partial charge in [-0.25, -0.2) is 0 Å². The Hall–Kier alpha value is -1.29. The van der Waals surface area contributed by atoms with E-state index in [1.165, 1.54) is 12.0 Å². The van der Waals surface area contributed by atoms with Crippen LogP contribution in [0.25, 0.3) is 0 Å². The predicted octanol–water partition coefficient (Wildman–Crippen LogP) is 2.70. The molecule has 2 rings (SSSR count). The lowest BCUT2D eigenvalue weighted by Gasteiger charge is -2.31. The van der Waals surface area contributed by atoms with Gasteiger partial charge in [-0.2, -0.15) is 5.26 Å². The molecular formula is C11H11N. The fraction of sp³-hybridized carbons (Fsp3) is 0.364. The molecule has 60 valence electrons. The van der Waals surface area contributed by atoms with Crippen LogP contribution in [0.15, 0.2) is 30.3 Å². The maximum atomic E-state index is 8.77. The Morgan fingerprint density at radius 2 is 1.92 bits per heavy atom. The van der Waals surface area contributed by atoms with Crippen LogP contribution in [0, 0.1) is 17.2 Å².